The number of amides is 1. The van der Waals surface area contributed by atoms with Gasteiger partial charge in [-0.1, -0.05) is 23.6 Å². The molecule has 0 radical (unpaired) electrons. The Morgan fingerprint density at radius 2 is 1.60 bits per heavy atom. The summed E-state index contributed by atoms with van der Waals surface area (Å²) in [6.07, 6.45) is -11.7. The van der Waals surface area contributed by atoms with Gasteiger partial charge in [-0.3, -0.25) is 19.6 Å². The maximum Gasteiger partial charge on any atom is 0.433 e. The third-order valence-electron chi connectivity index (χ3n) is 11.8. The molecule has 3 aliphatic carbocycles. The highest BCUT2D eigenvalue weighted by Crippen LogP contribution is 2.46. The molecule has 68 heavy (non-hydrogen) atoms. The van der Waals surface area contributed by atoms with E-state index in [4.69, 9.17) is 17.0 Å². The van der Waals surface area contributed by atoms with Gasteiger partial charge in [0.15, 0.2) is 15.7 Å². The van der Waals surface area contributed by atoms with Gasteiger partial charge in [0, 0.05) is 29.2 Å². The molecule has 3 aliphatic rings. The number of rotatable bonds is 15. The molecule has 1 atom stereocenters. The van der Waals surface area contributed by atoms with Crippen LogP contribution in [0.1, 0.15) is 82.3 Å². The Labute approximate surface area is 387 Å². The summed E-state index contributed by atoms with van der Waals surface area (Å²) in [5.74, 6) is -2.61. The van der Waals surface area contributed by atoms with Crippen molar-refractivity contribution in [2.24, 2.45) is 0 Å². The Morgan fingerprint density at radius 3 is 2.19 bits per heavy atom. The molecule has 0 spiro atoms. The number of benzene rings is 2. The van der Waals surface area contributed by atoms with Crippen LogP contribution in [0.25, 0.3) is 22.0 Å². The first-order chi connectivity index (χ1) is 31.3. The zero-order valence-electron chi connectivity index (χ0n) is 35.9. The van der Waals surface area contributed by atoms with Gasteiger partial charge in [-0.2, -0.15) is 40.2 Å². The summed E-state index contributed by atoms with van der Waals surface area (Å²) in [5, 5.41) is 14.7. The number of carbonyl (C=O) groups excluding carboxylic acids is 1. The number of aromatic nitrogens is 3. The van der Waals surface area contributed by atoms with E-state index in [0.29, 0.717) is 23.6 Å². The van der Waals surface area contributed by atoms with Crippen molar-refractivity contribution in [2.45, 2.75) is 111 Å². The lowest BCUT2D eigenvalue weighted by molar-refractivity contribution is -0.141. The van der Waals surface area contributed by atoms with Crippen LogP contribution in [0.3, 0.4) is 0 Å². The Kier molecular flexibility index (Phi) is 13.0. The number of halogens is 11. The number of nitrogens with one attached hydrogen (secondary N) is 4. The molecule has 25 heteroatoms. The lowest BCUT2D eigenvalue weighted by atomic mass is 9.93. The minimum atomic E-state index is -5.33. The van der Waals surface area contributed by atoms with E-state index < -0.39 is 137 Å². The average molecular weight is 1020 g/mol. The highest BCUT2D eigenvalue weighted by atomic mass is 35.5. The van der Waals surface area contributed by atoms with Crippen LogP contribution in [-0.4, -0.2) is 82.8 Å². The molecule has 0 aliphatic heterocycles. The van der Waals surface area contributed by atoms with Gasteiger partial charge >= 0.3 is 12.4 Å². The third-order valence-corrected chi connectivity index (χ3v) is 17.1. The van der Waals surface area contributed by atoms with Crippen LogP contribution >= 0.6 is 11.6 Å². The first kappa shape index (κ1) is 50.5. The summed E-state index contributed by atoms with van der Waals surface area (Å²) < 4.78 is 196. The van der Waals surface area contributed by atoms with Gasteiger partial charge in [0.25, 0.3) is 5.92 Å². The predicted octanol–water partition coefficient (Wildman–Crippen LogP) is 8.85. The molecule has 7 rings (SSSR count). The second-order valence-electron chi connectivity index (χ2n) is 17.5. The average Bonchev–Trinajstić information content (AvgIpc) is 4.15. The number of hydrogen-bond acceptors (Lipinski definition) is 9. The van der Waals surface area contributed by atoms with E-state index in [1.165, 1.54) is 45.0 Å². The maximum atomic E-state index is 15.0. The zero-order chi connectivity index (χ0) is 50.2. The Bertz CT molecular complexity index is 3040. The van der Waals surface area contributed by atoms with E-state index >= 15 is 0 Å². The van der Waals surface area contributed by atoms with Crippen LogP contribution < -0.4 is 15.4 Å². The number of hydrogen-bond donors (Lipinski definition) is 4. The molecule has 0 unspecified atom stereocenters. The molecule has 4 N–H and O–H groups in total. The Balaban J connectivity index is 1.42. The maximum absolute atomic E-state index is 15.0. The number of fused-ring (bicyclic) bond motifs is 1. The molecule has 12 nitrogen and oxygen atoms in total. The van der Waals surface area contributed by atoms with Crippen LogP contribution in [-0.2, 0) is 37.6 Å². The molecular weight excluding hydrogens is 984 g/mol. The van der Waals surface area contributed by atoms with Crippen molar-refractivity contribution in [1.29, 1.82) is 5.41 Å². The highest BCUT2D eigenvalue weighted by molar-refractivity contribution is 7.94. The fourth-order valence-electron chi connectivity index (χ4n) is 7.67. The van der Waals surface area contributed by atoms with Crippen molar-refractivity contribution in [1.82, 2.24) is 25.4 Å². The number of anilines is 1. The van der Waals surface area contributed by atoms with E-state index in [2.05, 4.69) is 32.0 Å². The number of sulfone groups is 1. The smallest absolute Gasteiger partial charge is 0.374 e. The summed E-state index contributed by atoms with van der Waals surface area (Å²) in [4.78, 5) is 18.4. The quantitative estimate of drug-likeness (QED) is 0.0519. The van der Waals surface area contributed by atoms with Gasteiger partial charge in [0.2, 0.25) is 15.9 Å². The number of sulfonamides is 1. The van der Waals surface area contributed by atoms with Crippen molar-refractivity contribution in [2.75, 3.05) is 11.3 Å². The molecule has 2 saturated carbocycles. The minimum Gasteiger partial charge on any atom is -0.374 e. The summed E-state index contributed by atoms with van der Waals surface area (Å²) in [5.41, 5.74) is -6.05. The second-order valence-corrected chi connectivity index (χ2v) is 22.9. The lowest BCUT2D eigenvalue weighted by Gasteiger charge is -2.24. The molecule has 4 aromatic rings. The van der Waals surface area contributed by atoms with E-state index in [1.807, 2.05) is 5.32 Å². The van der Waals surface area contributed by atoms with Crippen molar-refractivity contribution in [3.05, 3.63) is 87.3 Å². The number of nitrogens with zero attached hydrogens (tertiary/aromatic N) is 3. The molecule has 0 bridgehead atoms. The number of pyridine rings is 1. The number of alkyl halides is 8. The summed E-state index contributed by atoms with van der Waals surface area (Å²) >= 11 is 6.59. The highest BCUT2D eigenvalue weighted by Gasteiger charge is 2.51. The summed E-state index contributed by atoms with van der Waals surface area (Å²) in [6.45, 7) is 1.13. The van der Waals surface area contributed by atoms with Gasteiger partial charge in [-0.25, -0.2) is 30.6 Å². The topological polar surface area (TPSA) is 176 Å². The number of carbonyl (C=O) groups is 1. The van der Waals surface area contributed by atoms with Crippen LogP contribution in [0.2, 0.25) is 5.02 Å². The predicted molar refractivity (Wildman–Crippen MR) is 231 cm³/mol. The SMILES string of the molecule is CC1(S(=O)(=O)Nc2nn(CC(F)(F)F)c3c(-c4ccc(C#CC(C)(C)S(=O)(=O)C5CC5)nc4[C@H](Cc4cc(F)cc(F)c4)NC(=O)CNC4=C(C(=N)C(F)(F)F)CCC4(F)F)ccc(Cl)c23)CC1. The van der Waals surface area contributed by atoms with E-state index in [1.54, 1.807) is 0 Å². The van der Waals surface area contributed by atoms with Gasteiger partial charge in [0.1, 0.15) is 34.3 Å². The Hall–Kier alpha value is -5.41. The van der Waals surface area contributed by atoms with Crippen LogP contribution in [0.4, 0.5) is 49.7 Å². The molecule has 2 aromatic carbocycles. The monoisotopic (exact) mass is 1020 g/mol. The first-order valence-electron chi connectivity index (χ1n) is 20.6. The van der Waals surface area contributed by atoms with Crippen molar-refractivity contribution < 1.29 is 65.5 Å². The second kappa shape index (κ2) is 17.5. The Morgan fingerprint density at radius 1 is 0.971 bits per heavy atom. The standard InChI is InChI=1S/C43H40ClF10N7O5S2/c1-39(2,67(63,64)26-5-6-26)12-10-25-4-7-27(28-8-9-30(44)33-35(28)61(21-42(49,50)51)59-38(33)60-68(65,66)40(3)14-15-40)34(57-25)31(18-22-16-23(45)19-24(46)17-22)58-32(62)20-56-37-29(11-13-41(37,47)48)36(55)43(52,53)54/h4,7-9,16-17,19,26,31,55-56H,5-6,11,13-15,18,20-21H2,1-3H3,(H,58,62)(H,59,60)/t31-/m0/s1. The fourth-order valence-corrected chi connectivity index (χ4v) is 11.0. The van der Waals surface area contributed by atoms with Gasteiger partial charge < -0.3 is 10.6 Å². The fraction of sp³-hybridized carbons (Fsp3) is 0.442. The van der Waals surface area contributed by atoms with Gasteiger partial charge in [-0.15, -0.1) is 0 Å². The minimum absolute atomic E-state index is 0.171. The molecule has 366 valence electrons. The summed E-state index contributed by atoms with van der Waals surface area (Å²) in [6, 6.07) is 5.45. The van der Waals surface area contributed by atoms with Gasteiger partial charge in [-0.05, 0) is 101 Å². The lowest BCUT2D eigenvalue weighted by Crippen LogP contribution is -2.40. The van der Waals surface area contributed by atoms with Crippen LogP contribution in [0, 0.1) is 28.9 Å². The molecule has 2 aromatic heterocycles. The molecule has 2 heterocycles. The number of allylic oxidation sites excluding steroid dienone is 2. The van der Waals surface area contributed by atoms with Crippen LogP contribution in [0.15, 0.2) is 53.7 Å². The first-order valence-corrected chi connectivity index (χ1v) is 24.0. The van der Waals surface area contributed by atoms with Crippen molar-refractivity contribution >= 4 is 59.8 Å². The van der Waals surface area contributed by atoms with E-state index in [9.17, 15) is 65.5 Å². The van der Waals surface area contributed by atoms with Gasteiger partial charge in [0.05, 0.1) is 49.9 Å². The summed E-state index contributed by atoms with van der Waals surface area (Å²) in [7, 11) is -8.09. The molecule has 2 fully saturated rings. The third kappa shape index (κ3) is 10.4. The van der Waals surface area contributed by atoms with Crippen molar-refractivity contribution in [3.63, 3.8) is 0 Å². The largest absolute Gasteiger partial charge is 0.433 e. The van der Waals surface area contributed by atoms with Crippen molar-refractivity contribution in [3.8, 4) is 23.0 Å². The zero-order valence-corrected chi connectivity index (χ0v) is 38.3. The normalized spacial score (nSPS) is 17.7. The molecule has 1 amide bonds. The molecule has 0 saturated heterocycles. The van der Waals surface area contributed by atoms with E-state index in [0.717, 1.165) is 12.1 Å². The molecular formula is C43H40ClF10N7O5S2. The van der Waals surface area contributed by atoms with Crippen LogP contribution in [0.5, 0.6) is 0 Å². The van der Waals surface area contributed by atoms with E-state index in [-0.39, 0.29) is 51.3 Å².